The molecule has 3 fully saturated rings. The van der Waals surface area contributed by atoms with Gasteiger partial charge in [-0.1, -0.05) is 67.6 Å². The Kier molecular flexibility index (Phi) is 8.20. The number of nitrogens with one attached hydrogen (secondary N) is 2. The third-order valence-electron chi connectivity index (χ3n) is 9.17. The van der Waals surface area contributed by atoms with Crippen molar-refractivity contribution in [2.45, 2.75) is 48.9 Å². The van der Waals surface area contributed by atoms with Crippen molar-refractivity contribution >= 4 is 35.2 Å². The van der Waals surface area contributed by atoms with Gasteiger partial charge in [-0.3, -0.25) is 14.4 Å². The van der Waals surface area contributed by atoms with E-state index in [1.807, 2.05) is 67.6 Å². The van der Waals surface area contributed by atoms with Crippen LogP contribution in [0.25, 0.3) is 0 Å². The van der Waals surface area contributed by atoms with Gasteiger partial charge in [0.25, 0.3) is 0 Å². The molecule has 3 aromatic carbocycles. The summed E-state index contributed by atoms with van der Waals surface area (Å²) in [6.45, 7) is 4.52. The van der Waals surface area contributed by atoms with Crippen molar-refractivity contribution in [3.63, 3.8) is 0 Å². The number of carbonyl (C=O) groups is 3. The zero-order valence-electron chi connectivity index (χ0n) is 24.3. The SMILES string of the molecule is CCOc1ccc(NC(=O)[C@@H]2[C@@H]3CC(C)C4(S3)C(C(=O)NCc3ccccc3)N([C@H](CO)c3ccccc3)C(=O)[C@H]24)cc1. The van der Waals surface area contributed by atoms with Crippen LogP contribution in [-0.4, -0.2) is 57.0 Å². The fourth-order valence-corrected chi connectivity index (χ4v) is 9.74. The molecule has 3 N–H and O–H groups in total. The molecule has 0 radical (unpaired) electrons. The van der Waals surface area contributed by atoms with Crippen molar-refractivity contribution in [3.05, 3.63) is 96.1 Å². The van der Waals surface area contributed by atoms with Crippen LogP contribution in [-0.2, 0) is 20.9 Å². The normalized spacial score (nSPS) is 27.9. The van der Waals surface area contributed by atoms with Gasteiger partial charge in [0.1, 0.15) is 11.8 Å². The number of amides is 3. The second-order valence-corrected chi connectivity index (χ2v) is 13.1. The summed E-state index contributed by atoms with van der Waals surface area (Å²) in [4.78, 5) is 44.3. The Bertz CT molecular complexity index is 1470. The predicted molar refractivity (Wildman–Crippen MR) is 166 cm³/mol. The lowest BCUT2D eigenvalue weighted by Crippen LogP contribution is -2.56. The molecule has 3 unspecified atom stereocenters. The number of likely N-dealkylation sites (tertiary alicyclic amines) is 1. The maximum absolute atomic E-state index is 14.6. The molecule has 3 amide bonds. The standard InChI is InChI=1S/C34H37N3O5S/c1-3-42-25-16-14-24(15-17-25)36-31(39)28-27-18-21(2)34(43-27)29(28)33(41)37(26(20-38)23-12-8-5-9-13-23)30(34)32(40)35-19-22-10-6-4-7-11-22/h4-17,21,26-30,38H,3,18-20H2,1-2H3,(H,35,40)(H,36,39)/t21?,26-,27+,28-,29+,30?,34?/m1/s1. The van der Waals surface area contributed by atoms with Crippen molar-refractivity contribution < 1.29 is 24.2 Å². The molecule has 1 spiro atoms. The Morgan fingerprint density at radius 1 is 1.02 bits per heavy atom. The van der Waals surface area contributed by atoms with Gasteiger partial charge in [0, 0.05) is 17.5 Å². The first-order valence-electron chi connectivity index (χ1n) is 14.9. The first-order valence-corrected chi connectivity index (χ1v) is 15.8. The van der Waals surface area contributed by atoms with E-state index in [4.69, 9.17) is 4.74 Å². The van der Waals surface area contributed by atoms with Gasteiger partial charge in [0.05, 0.1) is 35.8 Å². The molecular formula is C34H37N3O5S. The van der Waals surface area contributed by atoms with Crippen LogP contribution in [0, 0.1) is 17.8 Å². The van der Waals surface area contributed by atoms with E-state index in [0.717, 1.165) is 17.5 Å². The van der Waals surface area contributed by atoms with Crippen LogP contribution in [0.15, 0.2) is 84.9 Å². The largest absolute Gasteiger partial charge is 0.494 e. The van der Waals surface area contributed by atoms with Gasteiger partial charge in [-0.2, -0.15) is 0 Å². The second-order valence-electron chi connectivity index (χ2n) is 11.6. The van der Waals surface area contributed by atoms with Crippen LogP contribution in [0.1, 0.15) is 37.4 Å². The van der Waals surface area contributed by atoms with Crippen molar-refractivity contribution in [1.82, 2.24) is 10.2 Å². The zero-order chi connectivity index (χ0) is 30.1. The van der Waals surface area contributed by atoms with Gasteiger partial charge >= 0.3 is 0 Å². The quantitative estimate of drug-likeness (QED) is 0.319. The van der Waals surface area contributed by atoms with E-state index in [1.54, 1.807) is 40.9 Å². The number of thioether (sulfide) groups is 1. The van der Waals surface area contributed by atoms with E-state index in [2.05, 4.69) is 17.6 Å². The van der Waals surface area contributed by atoms with Crippen molar-refractivity contribution in [1.29, 1.82) is 0 Å². The molecule has 3 aromatic rings. The van der Waals surface area contributed by atoms with Crippen LogP contribution in [0.5, 0.6) is 5.75 Å². The highest BCUT2D eigenvalue weighted by Gasteiger charge is 2.76. The smallest absolute Gasteiger partial charge is 0.244 e. The highest BCUT2D eigenvalue weighted by molar-refractivity contribution is 8.02. The molecule has 0 aromatic heterocycles. The minimum absolute atomic E-state index is 0.0126. The number of hydrogen-bond acceptors (Lipinski definition) is 6. The molecule has 2 bridgehead atoms. The van der Waals surface area contributed by atoms with Crippen molar-refractivity contribution in [3.8, 4) is 5.75 Å². The molecule has 9 heteroatoms. The molecule has 3 heterocycles. The number of hydrogen-bond donors (Lipinski definition) is 3. The molecule has 7 atom stereocenters. The average molecular weight is 600 g/mol. The lowest BCUT2D eigenvalue weighted by molar-refractivity contribution is -0.142. The van der Waals surface area contributed by atoms with Crippen molar-refractivity contribution in [2.75, 3.05) is 18.5 Å². The Morgan fingerprint density at radius 3 is 2.35 bits per heavy atom. The summed E-state index contributed by atoms with van der Waals surface area (Å²) in [6, 6.07) is 24.6. The summed E-state index contributed by atoms with van der Waals surface area (Å²) in [5.41, 5.74) is 2.32. The molecule has 43 heavy (non-hydrogen) atoms. The van der Waals surface area contributed by atoms with E-state index >= 15 is 0 Å². The van der Waals surface area contributed by atoms with E-state index in [0.29, 0.717) is 24.6 Å². The second kappa shape index (κ2) is 12.1. The lowest BCUT2D eigenvalue weighted by atomic mass is 9.66. The van der Waals surface area contributed by atoms with E-state index < -0.39 is 28.7 Å². The number of benzene rings is 3. The van der Waals surface area contributed by atoms with Crippen LogP contribution < -0.4 is 15.4 Å². The number of carbonyl (C=O) groups excluding carboxylic acids is 3. The Hall–Kier alpha value is -3.82. The minimum atomic E-state index is -0.848. The predicted octanol–water partition coefficient (Wildman–Crippen LogP) is 4.41. The van der Waals surface area contributed by atoms with Crippen LogP contribution >= 0.6 is 11.8 Å². The van der Waals surface area contributed by atoms with E-state index in [9.17, 15) is 19.5 Å². The van der Waals surface area contributed by atoms with Gasteiger partial charge in [0.2, 0.25) is 17.7 Å². The maximum Gasteiger partial charge on any atom is 0.244 e. The first kappa shape index (κ1) is 29.3. The van der Waals surface area contributed by atoms with Gasteiger partial charge < -0.3 is 25.4 Å². The summed E-state index contributed by atoms with van der Waals surface area (Å²) in [5, 5.41) is 16.7. The lowest BCUT2D eigenvalue weighted by Gasteiger charge is -2.40. The number of rotatable bonds is 10. The molecule has 0 aliphatic carbocycles. The minimum Gasteiger partial charge on any atom is -0.494 e. The fraction of sp³-hybridized carbons (Fsp3) is 0.382. The topological polar surface area (TPSA) is 108 Å². The monoisotopic (exact) mass is 599 g/mol. The third kappa shape index (κ3) is 5.08. The Labute approximate surface area is 256 Å². The molecular weight excluding hydrogens is 562 g/mol. The molecule has 0 saturated carbocycles. The van der Waals surface area contributed by atoms with Gasteiger partial charge in [0.15, 0.2) is 0 Å². The Balaban J connectivity index is 1.35. The van der Waals surface area contributed by atoms with Gasteiger partial charge in [-0.25, -0.2) is 0 Å². The highest BCUT2D eigenvalue weighted by Crippen LogP contribution is 2.69. The zero-order valence-corrected chi connectivity index (χ0v) is 25.1. The fourth-order valence-electron chi connectivity index (χ4n) is 7.33. The van der Waals surface area contributed by atoms with Crippen molar-refractivity contribution in [2.24, 2.45) is 17.8 Å². The molecule has 3 aliphatic rings. The number of aliphatic hydroxyl groups is 1. The number of anilines is 1. The van der Waals surface area contributed by atoms with E-state index in [1.165, 1.54) is 0 Å². The first-order chi connectivity index (χ1) is 20.9. The molecule has 6 rings (SSSR count). The van der Waals surface area contributed by atoms with Gasteiger partial charge in [-0.15, -0.1) is 11.8 Å². The molecule has 3 aliphatic heterocycles. The Morgan fingerprint density at radius 2 is 1.70 bits per heavy atom. The molecule has 8 nitrogen and oxygen atoms in total. The summed E-state index contributed by atoms with van der Waals surface area (Å²) in [5.74, 6) is -1.31. The number of fused-ring (bicyclic) bond motifs is 1. The maximum atomic E-state index is 14.6. The highest BCUT2D eigenvalue weighted by atomic mass is 32.2. The number of aliphatic hydroxyl groups excluding tert-OH is 1. The number of nitrogens with zero attached hydrogens (tertiary/aromatic N) is 1. The van der Waals surface area contributed by atoms with Crippen LogP contribution in [0.2, 0.25) is 0 Å². The summed E-state index contributed by atoms with van der Waals surface area (Å²) in [6.07, 6.45) is 0.723. The summed E-state index contributed by atoms with van der Waals surface area (Å²) >= 11 is 1.62. The van der Waals surface area contributed by atoms with Crippen LogP contribution in [0.4, 0.5) is 5.69 Å². The summed E-state index contributed by atoms with van der Waals surface area (Å²) < 4.78 is 4.73. The molecule has 224 valence electrons. The van der Waals surface area contributed by atoms with Crippen LogP contribution in [0.3, 0.4) is 0 Å². The molecule has 3 saturated heterocycles. The van der Waals surface area contributed by atoms with E-state index in [-0.39, 0.29) is 35.5 Å². The number of ether oxygens (including phenoxy) is 1. The third-order valence-corrected chi connectivity index (χ3v) is 11.2. The van der Waals surface area contributed by atoms with Gasteiger partial charge in [-0.05, 0) is 54.7 Å². The summed E-state index contributed by atoms with van der Waals surface area (Å²) in [7, 11) is 0. The average Bonchev–Trinajstić information content (AvgIpc) is 3.62.